The fraction of sp³-hybridized carbons (Fsp3) is 0.381. The Morgan fingerprint density at radius 2 is 1.79 bits per heavy atom. The number of nitrogens with zero attached hydrogens (tertiary/aromatic N) is 1. The summed E-state index contributed by atoms with van der Waals surface area (Å²) in [5.41, 5.74) is 0.754. The normalized spacial score (nSPS) is 11.8. The number of sulfonamides is 1. The summed E-state index contributed by atoms with van der Waals surface area (Å²) in [6.07, 6.45) is 0.720. The molecule has 0 heterocycles. The largest absolute Gasteiger partial charge is 0.495 e. The number of ether oxygens (including phenoxy) is 1. The standard InChI is InChI=1S/C21H28N2O4S/c1-6-21(3,4)22-20(24)15-23(18-14-16(2)12-13-19(18)27-5)28(25,26)17-10-8-7-9-11-17/h7-14H,6,15H2,1-5H3,(H,22,24). The first kappa shape index (κ1) is 21.8. The molecule has 0 saturated heterocycles. The maximum Gasteiger partial charge on any atom is 0.264 e. The first-order valence-corrected chi connectivity index (χ1v) is 10.6. The predicted molar refractivity (Wildman–Crippen MR) is 111 cm³/mol. The molecule has 0 unspecified atom stereocenters. The molecule has 0 spiro atoms. The Morgan fingerprint density at radius 3 is 2.36 bits per heavy atom. The van der Waals surface area contributed by atoms with Crippen molar-refractivity contribution in [3.63, 3.8) is 0 Å². The summed E-state index contributed by atoms with van der Waals surface area (Å²) in [6, 6.07) is 13.3. The van der Waals surface area contributed by atoms with Crippen molar-refractivity contribution in [2.75, 3.05) is 18.0 Å². The molecule has 2 rings (SSSR count). The van der Waals surface area contributed by atoms with E-state index in [4.69, 9.17) is 4.74 Å². The molecule has 1 amide bonds. The number of nitrogens with one attached hydrogen (secondary N) is 1. The number of hydrogen-bond donors (Lipinski definition) is 1. The highest BCUT2D eigenvalue weighted by Gasteiger charge is 2.30. The van der Waals surface area contributed by atoms with E-state index in [-0.39, 0.29) is 17.3 Å². The molecule has 152 valence electrons. The topological polar surface area (TPSA) is 75.7 Å². The number of anilines is 1. The molecule has 28 heavy (non-hydrogen) atoms. The summed E-state index contributed by atoms with van der Waals surface area (Å²) in [7, 11) is -2.49. The van der Waals surface area contributed by atoms with Crippen LogP contribution < -0.4 is 14.4 Å². The molecule has 0 fully saturated rings. The van der Waals surface area contributed by atoms with Gasteiger partial charge in [0.25, 0.3) is 10.0 Å². The minimum absolute atomic E-state index is 0.112. The van der Waals surface area contributed by atoms with Gasteiger partial charge in [0.05, 0.1) is 17.7 Å². The van der Waals surface area contributed by atoms with Gasteiger partial charge in [0.2, 0.25) is 5.91 Å². The van der Waals surface area contributed by atoms with E-state index in [0.29, 0.717) is 11.4 Å². The minimum Gasteiger partial charge on any atom is -0.495 e. The van der Waals surface area contributed by atoms with Gasteiger partial charge < -0.3 is 10.1 Å². The Bertz CT molecular complexity index is 925. The monoisotopic (exact) mass is 404 g/mol. The molecule has 2 aromatic carbocycles. The Morgan fingerprint density at radius 1 is 1.14 bits per heavy atom. The summed E-state index contributed by atoms with van der Waals surface area (Å²) in [5.74, 6) is 0.00238. The van der Waals surface area contributed by atoms with E-state index in [1.807, 2.05) is 33.8 Å². The second-order valence-electron chi connectivity index (χ2n) is 7.29. The van der Waals surface area contributed by atoms with Crippen LogP contribution in [0.5, 0.6) is 5.75 Å². The second-order valence-corrected chi connectivity index (χ2v) is 9.15. The Labute approximate surface area is 167 Å². The van der Waals surface area contributed by atoms with Crippen LogP contribution in [0, 0.1) is 6.92 Å². The number of amides is 1. The van der Waals surface area contributed by atoms with E-state index >= 15 is 0 Å². The number of methoxy groups -OCH3 is 1. The van der Waals surface area contributed by atoms with Crippen LogP contribution in [0.25, 0.3) is 0 Å². The van der Waals surface area contributed by atoms with Gasteiger partial charge in [-0.2, -0.15) is 0 Å². The van der Waals surface area contributed by atoms with Crippen LogP contribution in [0.4, 0.5) is 5.69 Å². The molecule has 1 N–H and O–H groups in total. The van der Waals surface area contributed by atoms with Gasteiger partial charge in [0.1, 0.15) is 12.3 Å². The summed E-state index contributed by atoms with van der Waals surface area (Å²) >= 11 is 0. The second kappa shape index (κ2) is 8.65. The van der Waals surface area contributed by atoms with Crippen molar-refractivity contribution in [3.8, 4) is 5.75 Å². The van der Waals surface area contributed by atoms with Crippen molar-refractivity contribution in [2.45, 2.75) is 44.6 Å². The lowest BCUT2D eigenvalue weighted by molar-refractivity contribution is -0.121. The van der Waals surface area contributed by atoms with E-state index in [2.05, 4.69) is 5.32 Å². The van der Waals surface area contributed by atoms with E-state index < -0.39 is 15.6 Å². The molecular weight excluding hydrogens is 376 g/mol. The van der Waals surface area contributed by atoms with Gasteiger partial charge in [0, 0.05) is 5.54 Å². The first-order chi connectivity index (χ1) is 13.1. The van der Waals surface area contributed by atoms with Crippen molar-refractivity contribution in [1.82, 2.24) is 5.32 Å². The lowest BCUT2D eigenvalue weighted by Gasteiger charge is -2.29. The molecule has 7 heteroatoms. The van der Waals surface area contributed by atoms with Crippen LogP contribution in [0.1, 0.15) is 32.8 Å². The van der Waals surface area contributed by atoms with E-state index in [0.717, 1.165) is 16.3 Å². The first-order valence-electron chi connectivity index (χ1n) is 9.14. The summed E-state index contributed by atoms with van der Waals surface area (Å²) in [5, 5.41) is 2.90. The number of carbonyl (C=O) groups is 1. The molecule has 6 nitrogen and oxygen atoms in total. The maximum atomic E-state index is 13.4. The fourth-order valence-corrected chi connectivity index (χ4v) is 4.09. The van der Waals surface area contributed by atoms with Gasteiger partial charge in [-0.05, 0) is 57.0 Å². The van der Waals surface area contributed by atoms with Crippen LogP contribution in [0.3, 0.4) is 0 Å². The van der Waals surface area contributed by atoms with E-state index in [1.165, 1.54) is 19.2 Å². The number of aryl methyl sites for hydroxylation is 1. The van der Waals surface area contributed by atoms with Gasteiger partial charge >= 0.3 is 0 Å². The molecule has 0 aliphatic heterocycles. The molecule has 0 atom stereocenters. The van der Waals surface area contributed by atoms with Crippen molar-refractivity contribution in [2.24, 2.45) is 0 Å². The number of benzene rings is 2. The third kappa shape index (κ3) is 5.04. The Kier molecular flexibility index (Phi) is 6.72. The third-order valence-corrected chi connectivity index (χ3v) is 6.36. The Hall–Kier alpha value is -2.54. The zero-order chi connectivity index (χ0) is 20.9. The SMILES string of the molecule is CCC(C)(C)NC(=O)CN(c1cc(C)ccc1OC)S(=O)(=O)c1ccccc1. The highest BCUT2D eigenvalue weighted by atomic mass is 32.2. The van der Waals surface area contributed by atoms with Crippen LogP contribution in [-0.2, 0) is 14.8 Å². The van der Waals surface area contributed by atoms with Gasteiger partial charge in [-0.25, -0.2) is 8.42 Å². The van der Waals surface area contributed by atoms with Gasteiger partial charge in [-0.15, -0.1) is 0 Å². The van der Waals surface area contributed by atoms with Crippen molar-refractivity contribution >= 4 is 21.6 Å². The molecule has 0 aromatic heterocycles. The van der Waals surface area contributed by atoms with Crippen LogP contribution in [0.2, 0.25) is 0 Å². The number of hydrogen-bond acceptors (Lipinski definition) is 4. The maximum absolute atomic E-state index is 13.4. The molecule has 0 bridgehead atoms. The van der Waals surface area contributed by atoms with Crippen molar-refractivity contribution in [1.29, 1.82) is 0 Å². The van der Waals surface area contributed by atoms with Crippen molar-refractivity contribution < 1.29 is 17.9 Å². The average Bonchev–Trinajstić information content (AvgIpc) is 2.66. The molecule has 0 aliphatic carbocycles. The number of rotatable bonds is 8. The smallest absolute Gasteiger partial charge is 0.264 e. The van der Waals surface area contributed by atoms with E-state index in [1.54, 1.807) is 30.3 Å². The van der Waals surface area contributed by atoms with Gasteiger partial charge in [-0.3, -0.25) is 9.10 Å². The molecule has 0 saturated carbocycles. The predicted octanol–water partition coefficient (Wildman–Crippen LogP) is 3.50. The molecule has 2 aromatic rings. The lowest BCUT2D eigenvalue weighted by atomic mass is 10.0. The summed E-state index contributed by atoms with van der Waals surface area (Å²) in [4.78, 5) is 12.8. The lowest BCUT2D eigenvalue weighted by Crippen LogP contribution is -2.48. The van der Waals surface area contributed by atoms with Crippen LogP contribution in [-0.4, -0.2) is 33.5 Å². The fourth-order valence-electron chi connectivity index (χ4n) is 2.65. The zero-order valence-corrected chi connectivity index (χ0v) is 17.8. The third-order valence-electron chi connectivity index (χ3n) is 4.58. The van der Waals surface area contributed by atoms with Crippen molar-refractivity contribution in [3.05, 3.63) is 54.1 Å². The Balaban J connectivity index is 2.54. The van der Waals surface area contributed by atoms with E-state index in [9.17, 15) is 13.2 Å². The molecule has 0 radical (unpaired) electrons. The highest BCUT2D eigenvalue weighted by Crippen LogP contribution is 2.33. The van der Waals surface area contributed by atoms with Crippen LogP contribution >= 0.6 is 0 Å². The van der Waals surface area contributed by atoms with Gasteiger partial charge in [-0.1, -0.05) is 31.2 Å². The summed E-state index contributed by atoms with van der Waals surface area (Å²) < 4.78 is 33.2. The molecule has 0 aliphatic rings. The quantitative estimate of drug-likeness (QED) is 0.731. The highest BCUT2D eigenvalue weighted by molar-refractivity contribution is 7.92. The average molecular weight is 405 g/mol. The minimum atomic E-state index is -3.97. The molecular formula is C21H28N2O4S. The summed E-state index contributed by atoms with van der Waals surface area (Å²) in [6.45, 7) is 7.27. The van der Waals surface area contributed by atoms with Gasteiger partial charge in [0.15, 0.2) is 0 Å². The van der Waals surface area contributed by atoms with Crippen LogP contribution in [0.15, 0.2) is 53.4 Å². The zero-order valence-electron chi connectivity index (χ0n) is 17.0. The number of carbonyl (C=O) groups excluding carboxylic acids is 1.